The van der Waals surface area contributed by atoms with Crippen molar-refractivity contribution in [1.29, 1.82) is 0 Å². The fourth-order valence-corrected chi connectivity index (χ4v) is 4.59. The summed E-state index contributed by atoms with van der Waals surface area (Å²) in [6.07, 6.45) is 2.15. The summed E-state index contributed by atoms with van der Waals surface area (Å²) < 4.78 is 11.1. The summed E-state index contributed by atoms with van der Waals surface area (Å²) in [4.78, 5) is 26.1. The Morgan fingerprint density at radius 2 is 2.20 bits per heavy atom. The number of ether oxygens (including phenoxy) is 2. The summed E-state index contributed by atoms with van der Waals surface area (Å²) in [5.41, 5.74) is 0.988. The first-order valence-electron chi connectivity index (χ1n) is 8.82. The number of hydrogen-bond donors (Lipinski definition) is 1. The average Bonchev–Trinajstić information content (AvgIpc) is 3.17. The average molecular weight is 345 g/mol. The Labute approximate surface area is 146 Å². The monoisotopic (exact) mass is 345 g/mol. The van der Waals surface area contributed by atoms with Gasteiger partial charge in [0.2, 0.25) is 5.91 Å². The molecule has 25 heavy (non-hydrogen) atoms. The Bertz CT molecular complexity index is 705. The number of methoxy groups -OCH3 is 1. The zero-order valence-electron chi connectivity index (χ0n) is 14.3. The molecule has 2 heterocycles. The molecule has 1 saturated heterocycles. The van der Waals surface area contributed by atoms with Gasteiger partial charge in [-0.05, 0) is 25.3 Å². The van der Waals surface area contributed by atoms with Crippen LogP contribution in [0.1, 0.15) is 31.2 Å². The minimum Gasteiger partial charge on any atom is -0.493 e. The molecule has 4 rings (SSSR count). The second-order valence-corrected chi connectivity index (χ2v) is 7.34. The molecule has 0 bridgehead atoms. The Morgan fingerprint density at radius 3 is 2.96 bits per heavy atom. The molecule has 4 atom stereocenters. The highest BCUT2D eigenvalue weighted by atomic mass is 16.5. The van der Waals surface area contributed by atoms with Gasteiger partial charge in [0.1, 0.15) is 5.75 Å². The Kier molecular flexibility index (Phi) is 3.95. The fraction of sp³-hybridized carbons (Fsp3) is 0.579. The lowest BCUT2D eigenvalue weighted by molar-refractivity contribution is -0.140. The van der Waals surface area contributed by atoms with Gasteiger partial charge in [-0.2, -0.15) is 0 Å². The highest BCUT2D eigenvalue weighted by Gasteiger charge is 2.62. The van der Waals surface area contributed by atoms with E-state index in [1.165, 1.54) is 0 Å². The van der Waals surface area contributed by atoms with Gasteiger partial charge < -0.3 is 19.5 Å². The van der Waals surface area contributed by atoms with Gasteiger partial charge in [0.25, 0.3) is 0 Å². The first-order chi connectivity index (χ1) is 12.0. The Morgan fingerprint density at radius 1 is 1.40 bits per heavy atom. The summed E-state index contributed by atoms with van der Waals surface area (Å²) in [5.74, 6) is -0.00393. The maximum absolute atomic E-state index is 13.2. The van der Waals surface area contributed by atoms with Crippen LogP contribution in [-0.2, 0) is 19.7 Å². The predicted molar refractivity (Wildman–Crippen MR) is 89.5 cm³/mol. The topological polar surface area (TPSA) is 76.1 Å². The number of nitrogens with zero attached hydrogens (tertiary/aromatic N) is 1. The van der Waals surface area contributed by atoms with Crippen LogP contribution in [0.5, 0.6) is 5.75 Å². The van der Waals surface area contributed by atoms with Crippen molar-refractivity contribution in [3.05, 3.63) is 29.8 Å². The molecule has 6 nitrogen and oxygen atoms in total. The third kappa shape index (κ3) is 2.68. The molecule has 1 spiro atoms. The molecular formula is C19H23NO5. The van der Waals surface area contributed by atoms with Gasteiger partial charge in [0.15, 0.2) is 0 Å². The van der Waals surface area contributed by atoms with Crippen molar-refractivity contribution < 1.29 is 24.2 Å². The first-order valence-corrected chi connectivity index (χ1v) is 8.82. The van der Waals surface area contributed by atoms with E-state index in [0.717, 1.165) is 24.2 Å². The van der Waals surface area contributed by atoms with Gasteiger partial charge >= 0.3 is 5.97 Å². The molecule has 0 aromatic heterocycles. The highest BCUT2D eigenvalue weighted by Crippen LogP contribution is 2.61. The number of aliphatic carboxylic acids is 1. The van der Waals surface area contributed by atoms with Crippen molar-refractivity contribution in [3.8, 4) is 5.75 Å². The van der Waals surface area contributed by atoms with E-state index in [1.807, 2.05) is 18.2 Å². The van der Waals surface area contributed by atoms with Crippen molar-refractivity contribution in [2.75, 3.05) is 20.3 Å². The molecule has 2 aliphatic heterocycles. The summed E-state index contributed by atoms with van der Waals surface area (Å²) in [7, 11) is 1.61. The molecule has 1 aromatic rings. The van der Waals surface area contributed by atoms with Crippen LogP contribution in [0, 0.1) is 5.92 Å². The molecule has 2 fully saturated rings. The second-order valence-electron chi connectivity index (χ2n) is 7.34. The molecule has 1 amide bonds. The molecule has 0 radical (unpaired) electrons. The number of amides is 1. The van der Waals surface area contributed by atoms with E-state index in [-0.39, 0.29) is 35.8 Å². The van der Waals surface area contributed by atoms with E-state index in [1.54, 1.807) is 12.0 Å². The van der Waals surface area contributed by atoms with Crippen LogP contribution < -0.4 is 4.74 Å². The molecule has 1 saturated carbocycles. The van der Waals surface area contributed by atoms with Crippen LogP contribution in [0.2, 0.25) is 0 Å². The number of carbonyl (C=O) groups excluding carboxylic acids is 1. The van der Waals surface area contributed by atoms with E-state index in [2.05, 4.69) is 6.07 Å². The quantitative estimate of drug-likeness (QED) is 0.901. The summed E-state index contributed by atoms with van der Waals surface area (Å²) in [6, 6.07) is 7.67. The Balaban J connectivity index is 1.55. The van der Waals surface area contributed by atoms with Crippen LogP contribution in [0.4, 0.5) is 0 Å². The molecule has 1 N–H and O–H groups in total. The van der Waals surface area contributed by atoms with E-state index in [0.29, 0.717) is 19.6 Å². The number of likely N-dealkylation sites (tertiary alicyclic amines) is 1. The first kappa shape index (κ1) is 16.4. The van der Waals surface area contributed by atoms with Gasteiger partial charge in [0, 0.05) is 36.6 Å². The van der Waals surface area contributed by atoms with Gasteiger partial charge in [-0.25, -0.2) is 0 Å². The maximum atomic E-state index is 13.2. The summed E-state index contributed by atoms with van der Waals surface area (Å²) in [5, 5.41) is 9.16. The van der Waals surface area contributed by atoms with Crippen LogP contribution in [0.25, 0.3) is 0 Å². The van der Waals surface area contributed by atoms with Crippen LogP contribution in [-0.4, -0.2) is 54.3 Å². The molecular weight excluding hydrogens is 322 g/mol. The fourth-order valence-electron chi connectivity index (χ4n) is 4.59. The number of fused-ring (bicyclic) bond motifs is 2. The van der Waals surface area contributed by atoms with E-state index in [9.17, 15) is 9.59 Å². The van der Waals surface area contributed by atoms with Gasteiger partial charge in [0.05, 0.1) is 19.1 Å². The normalized spacial score (nSPS) is 33.0. The number of carboxylic acid groups (broad SMARTS) is 1. The lowest BCUT2D eigenvalue weighted by Gasteiger charge is -2.29. The summed E-state index contributed by atoms with van der Waals surface area (Å²) >= 11 is 0. The standard InChI is InChI=1S/C19H23NO5/c1-24-13-8-12(9-17(21)22)20(11-13)18(23)15-10-19(15)6-7-25-16-5-3-2-4-14(16)19/h2-5,12-13,15H,6-11H2,1H3,(H,21,22)/t12?,13?,15-,19-/m0/s1. The number of benzene rings is 1. The smallest absolute Gasteiger partial charge is 0.305 e. The zero-order valence-corrected chi connectivity index (χ0v) is 14.3. The molecule has 1 aromatic carbocycles. The van der Waals surface area contributed by atoms with Crippen molar-refractivity contribution in [2.45, 2.75) is 43.2 Å². The number of hydrogen-bond acceptors (Lipinski definition) is 4. The molecule has 134 valence electrons. The van der Waals surface area contributed by atoms with Crippen LogP contribution in [0.15, 0.2) is 24.3 Å². The number of para-hydroxylation sites is 1. The van der Waals surface area contributed by atoms with Crippen LogP contribution >= 0.6 is 0 Å². The minimum absolute atomic E-state index is 0.0228. The van der Waals surface area contributed by atoms with Crippen LogP contribution in [0.3, 0.4) is 0 Å². The SMILES string of the molecule is COC1CC(CC(=O)O)N(C(=O)[C@@H]2C[C@]23CCOc2ccccc23)C1. The number of rotatable bonds is 4. The van der Waals surface area contributed by atoms with Crippen molar-refractivity contribution in [3.63, 3.8) is 0 Å². The largest absolute Gasteiger partial charge is 0.493 e. The van der Waals surface area contributed by atoms with Crippen molar-refractivity contribution in [2.24, 2.45) is 5.92 Å². The van der Waals surface area contributed by atoms with E-state index in [4.69, 9.17) is 14.6 Å². The lowest BCUT2D eigenvalue weighted by Crippen LogP contribution is -2.40. The van der Waals surface area contributed by atoms with Crippen molar-refractivity contribution >= 4 is 11.9 Å². The molecule has 1 aliphatic carbocycles. The lowest BCUT2D eigenvalue weighted by atomic mass is 9.87. The van der Waals surface area contributed by atoms with Crippen molar-refractivity contribution in [1.82, 2.24) is 4.90 Å². The zero-order chi connectivity index (χ0) is 17.6. The highest BCUT2D eigenvalue weighted by molar-refractivity contribution is 5.86. The number of carboxylic acids is 1. The van der Waals surface area contributed by atoms with Gasteiger partial charge in [-0.1, -0.05) is 18.2 Å². The Hall–Kier alpha value is -2.08. The third-order valence-corrected chi connectivity index (χ3v) is 6.01. The summed E-state index contributed by atoms with van der Waals surface area (Å²) in [6.45, 7) is 1.11. The number of carbonyl (C=O) groups is 2. The molecule has 2 unspecified atom stereocenters. The maximum Gasteiger partial charge on any atom is 0.305 e. The predicted octanol–water partition coefficient (Wildman–Crippen LogP) is 1.82. The third-order valence-electron chi connectivity index (χ3n) is 6.01. The molecule has 3 aliphatic rings. The van der Waals surface area contributed by atoms with E-state index >= 15 is 0 Å². The second kappa shape index (κ2) is 6.02. The van der Waals surface area contributed by atoms with Gasteiger partial charge in [-0.3, -0.25) is 9.59 Å². The molecule has 6 heteroatoms. The minimum atomic E-state index is -0.874. The van der Waals surface area contributed by atoms with E-state index < -0.39 is 5.97 Å². The van der Waals surface area contributed by atoms with Gasteiger partial charge in [-0.15, -0.1) is 0 Å².